The molecule has 7 heteroatoms. The number of halogens is 1. The quantitative estimate of drug-likeness (QED) is 0.279. The van der Waals surface area contributed by atoms with Crippen molar-refractivity contribution in [3.05, 3.63) is 22.4 Å². The Morgan fingerprint density at radius 3 is 2.50 bits per heavy atom. The van der Waals surface area contributed by atoms with Crippen LogP contribution in [-0.2, 0) is 0 Å². The van der Waals surface area contributed by atoms with Crippen molar-refractivity contribution in [3.8, 4) is 0 Å². The lowest BCUT2D eigenvalue weighted by atomic mass is 9.98. The van der Waals surface area contributed by atoms with Gasteiger partial charge in [-0.3, -0.25) is 9.89 Å². The van der Waals surface area contributed by atoms with Crippen LogP contribution in [0.2, 0.25) is 0 Å². The lowest BCUT2D eigenvalue weighted by molar-refractivity contribution is 0.0418. The first kappa shape index (κ1) is 23.7. The van der Waals surface area contributed by atoms with Gasteiger partial charge in [-0.05, 0) is 57.1 Å². The van der Waals surface area contributed by atoms with E-state index in [0.29, 0.717) is 12.6 Å². The molecule has 1 unspecified atom stereocenters. The number of nitrogens with zero attached hydrogens (tertiary/aromatic N) is 2. The molecule has 2 rings (SSSR count). The molecule has 0 saturated carbocycles. The average Bonchev–Trinajstić information content (AvgIpc) is 3.34. The van der Waals surface area contributed by atoms with Crippen LogP contribution in [0.4, 0.5) is 0 Å². The van der Waals surface area contributed by atoms with Crippen LogP contribution < -0.4 is 10.6 Å². The number of aliphatic imine (C=N–C) groups is 1. The van der Waals surface area contributed by atoms with Gasteiger partial charge in [0.2, 0.25) is 0 Å². The minimum absolute atomic E-state index is 0. The second-order valence-corrected chi connectivity index (χ2v) is 7.76. The molecule has 0 spiro atoms. The summed E-state index contributed by atoms with van der Waals surface area (Å²) >= 11 is 1.83. The summed E-state index contributed by atoms with van der Waals surface area (Å²) in [7, 11) is 0. The average molecular weight is 494 g/mol. The summed E-state index contributed by atoms with van der Waals surface area (Å²) in [6, 6.07) is 4.75. The predicted octanol–water partition coefficient (Wildman–Crippen LogP) is 3.61. The molecule has 1 fully saturated rings. The van der Waals surface area contributed by atoms with Crippen LogP contribution in [0.15, 0.2) is 22.5 Å². The molecule has 0 aromatic carbocycles. The fourth-order valence-corrected chi connectivity index (χ4v) is 4.04. The van der Waals surface area contributed by atoms with E-state index < -0.39 is 5.60 Å². The van der Waals surface area contributed by atoms with Crippen molar-refractivity contribution in [2.75, 3.05) is 32.7 Å². The van der Waals surface area contributed by atoms with Crippen molar-refractivity contribution in [1.82, 2.24) is 15.5 Å². The van der Waals surface area contributed by atoms with E-state index >= 15 is 0 Å². The summed E-state index contributed by atoms with van der Waals surface area (Å²) in [5.41, 5.74) is -0.704. The van der Waals surface area contributed by atoms with Gasteiger partial charge >= 0.3 is 0 Å². The highest BCUT2D eigenvalue weighted by atomic mass is 127. The molecule has 26 heavy (non-hydrogen) atoms. The topological polar surface area (TPSA) is 59.9 Å². The minimum Gasteiger partial charge on any atom is -0.388 e. The maximum absolute atomic E-state index is 10.5. The molecule has 1 aliphatic rings. The number of hydrogen-bond donors (Lipinski definition) is 3. The van der Waals surface area contributed by atoms with E-state index in [4.69, 9.17) is 0 Å². The Balaban J connectivity index is 0.00000338. The number of aliphatic hydroxyl groups is 1. The Morgan fingerprint density at radius 2 is 1.96 bits per heavy atom. The van der Waals surface area contributed by atoms with Gasteiger partial charge in [0, 0.05) is 18.0 Å². The van der Waals surface area contributed by atoms with E-state index in [0.717, 1.165) is 31.9 Å². The second-order valence-electron chi connectivity index (χ2n) is 6.78. The molecule has 5 nitrogen and oxygen atoms in total. The molecule has 1 aliphatic heterocycles. The van der Waals surface area contributed by atoms with Gasteiger partial charge in [0.1, 0.15) is 0 Å². The Kier molecular flexibility index (Phi) is 11.1. The van der Waals surface area contributed by atoms with Crippen molar-refractivity contribution < 1.29 is 5.11 Å². The number of nitrogens with one attached hydrogen (secondary N) is 2. The summed E-state index contributed by atoms with van der Waals surface area (Å²) in [6.45, 7) is 10.5. The fraction of sp³-hybridized carbons (Fsp3) is 0.737. The second kappa shape index (κ2) is 12.2. The van der Waals surface area contributed by atoms with Crippen LogP contribution in [-0.4, -0.2) is 54.3 Å². The van der Waals surface area contributed by atoms with E-state index in [9.17, 15) is 5.11 Å². The molecule has 0 radical (unpaired) electrons. The Hall–Kier alpha value is -0.380. The van der Waals surface area contributed by atoms with E-state index in [2.05, 4.69) is 45.0 Å². The van der Waals surface area contributed by atoms with Crippen LogP contribution in [0.25, 0.3) is 0 Å². The molecule has 1 saturated heterocycles. The number of rotatable bonds is 9. The normalized spacial score (nSPS) is 17.0. The monoisotopic (exact) mass is 494 g/mol. The Bertz CT molecular complexity index is 514. The number of guanidine groups is 1. The van der Waals surface area contributed by atoms with E-state index in [-0.39, 0.29) is 24.0 Å². The first-order chi connectivity index (χ1) is 12.1. The molecular formula is C19H35IN4OS. The summed E-state index contributed by atoms with van der Waals surface area (Å²) in [5, 5.41) is 19.4. The van der Waals surface area contributed by atoms with Crippen LogP contribution >= 0.6 is 35.3 Å². The van der Waals surface area contributed by atoms with Gasteiger partial charge in [-0.2, -0.15) is 0 Å². The number of likely N-dealkylation sites (tertiary alicyclic amines) is 1. The Labute approximate surface area is 179 Å². The van der Waals surface area contributed by atoms with Crippen LogP contribution in [0.3, 0.4) is 0 Å². The first-order valence-corrected chi connectivity index (χ1v) is 10.5. The molecule has 1 atom stereocenters. The number of hydrogen-bond acceptors (Lipinski definition) is 4. The molecule has 0 amide bonds. The standard InChI is InChI=1S/C19H34N4OS.HI/c1-4-19(24,5-2)15-22-18(20-6-3)21-14-16(17-10-9-13-25-17)23-11-7-8-12-23;/h9-10,13,16,24H,4-8,11-12,14-15H2,1-3H3,(H2,20,21,22);1H. The highest BCUT2D eigenvalue weighted by Crippen LogP contribution is 2.27. The molecule has 0 bridgehead atoms. The van der Waals surface area contributed by atoms with Gasteiger partial charge in [-0.15, -0.1) is 35.3 Å². The molecule has 2 heterocycles. The van der Waals surface area contributed by atoms with Crippen molar-refractivity contribution in [1.29, 1.82) is 0 Å². The zero-order chi connectivity index (χ0) is 18.1. The van der Waals surface area contributed by atoms with Crippen LogP contribution in [0, 0.1) is 0 Å². The third-order valence-corrected chi connectivity index (χ3v) is 6.08. The molecule has 1 aromatic rings. The third-order valence-electron chi connectivity index (χ3n) is 5.11. The lowest BCUT2D eigenvalue weighted by Crippen LogP contribution is -2.43. The highest BCUT2D eigenvalue weighted by molar-refractivity contribution is 14.0. The van der Waals surface area contributed by atoms with Gasteiger partial charge in [-0.1, -0.05) is 19.9 Å². The largest absolute Gasteiger partial charge is 0.388 e. The van der Waals surface area contributed by atoms with Crippen molar-refractivity contribution in [2.24, 2.45) is 4.99 Å². The summed E-state index contributed by atoms with van der Waals surface area (Å²) < 4.78 is 0. The molecule has 3 N–H and O–H groups in total. The van der Waals surface area contributed by atoms with Crippen molar-refractivity contribution >= 4 is 41.3 Å². The summed E-state index contributed by atoms with van der Waals surface area (Å²) in [4.78, 5) is 8.61. The van der Waals surface area contributed by atoms with E-state index in [1.54, 1.807) is 0 Å². The van der Waals surface area contributed by atoms with E-state index in [1.165, 1.54) is 30.8 Å². The first-order valence-electron chi connectivity index (χ1n) is 9.64. The maximum atomic E-state index is 10.5. The van der Waals surface area contributed by atoms with Gasteiger partial charge in [-0.25, -0.2) is 0 Å². The molecule has 0 aliphatic carbocycles. The maximum Gasteiger partial charge on any atom is 0.191 e. The third kappa shape index (κ3) is 6.98. The molecular weight excluding hydrogens is 459 g/mol. The lowest BCUT2D eigenvalue weighted by Gasteiger charge is -2.28. The SMILES string of the molecule is CCNC(=NCC(O)(CC)CC)NCC(c1cccs1)N1CCCC1.I. The summed E-state index contributed by atoms with van der Waals surface area (Å²) in [6.07, 6.45) is 4.02. The fourth-order valence-electron chi connectivity index (χ4n) is 3.18. The molecule has 1 aromatic heterocycles. The highest BCUT2D eigenvalue weighted by Gasteiger charge is 2.25. The predicted molar refractivity (Wildman–Crippen MR) is 123 cm³/mol. The van der Waals surface area contributed by atoms with Gasteiger partial charge in [0.05, 0.1) is 18.2 Å². The van der Waals surface area contributed by atoms with Crippen LogP contribution in [0.1, 0.15) is 57.4 Å². The zero-order valence-electron chi connectivity index (χ0n) is 16.3. The van der Waals surface area contributed by atoms with Gasteiger partial charge < -0.3 is 15.7 Å². The van der Waals surface area contributed by atoms with Gasteiger partial charge in [0.25, 0.3) is 0 Å². The van der Waals surface area contributed by atoms with Crippen LogP contribution in [0.5, 0.6) is 0 Å². The van der Waals surface area contributed by atoms with Crippen molar-refractivity contribution in [2.45, 2.75) is 58.1 Å². The zero-order valence-corrected chi connectivity index (χ0v) is 19.5. The van der Waals surface area contributed by atoms with Gasteiger partial charge in [0.15, 0.2) is 5.96 Å². The summed E-state index contributed by atoms with van der Waals surface area (Å²) in [5.74, 6) is 0.795. The smallest absolute Gasteiger partial charge is 0.191 e. The minimum atomic E-state index is -0.704. The van der Waals surface area contributed by atoms with Crippen molar-refractivity contribution in [3.63, 3.8) is 0 Å². The molecule has 150 valence electrons. The van der Waals surface area contributed by atoms with E-state index in [1.807, 2.05) is 25.2 Å². The Morgan fingerprint density at radius 1 is 1.27 bits per heavy atom. The number of thiophene rings is 1.